The normalized spacial score (nSPS) is 12.5. The van der Waals surface area contributed by atoms with Crippen LogP contribution in [0.1, 0.15) is 40.3 Å². The Kier molecular flexibility index (Phi) is 6.67. The summed E-state index contributed by atoms with van der Waals surface area (Å²) in [4.78, 5) is 4.26. The van der Waals surface area contributed by atoms with Crippen molar-refractivity contribution < 1.29 is 5.21 Å². The molecule has 1 unspecified atom stereocenters. The Bertz CT molecular complexity index is 1230. The van der Waals surface area contributed by atoms with Crippen LogP contribution in [0.25, 0.3) is 11.1 Å². The number of halogens is 1. The van der Waals surface area contributed by atoms with Gasteiger partial charge in [-0.3, -0.25) is 4.98 Å². The topological polar surface area (TPSA) is 45.5 Å². The van der Waals surface area contributed by atoms with Crippen LogP contribution in [0.2, 0.25) is 5.02 Å². The Balaban J connectivity index is 1.74. The van der Waals surface area contributed by atoms with Crippen molar-refractivity contribution >= 4 is 17.3 Å². The summed E-state index contributed by atoms with van der Waals surface area (Å²) in [7, 11) is 0. The van der Waals surface area contributed by atoms with E-state index in [-0.39, 0.29) is 5.92 Å². The van der Waals surface area contributed by atoms with E-state index in [1.165, 1.54) is 11.1 Å². The standard InChI is InChI=1S/C28H25ClN2O/c1-19-16-25(29)12-13-26(19)27(18-28(31-32)24-14-15-30-20(2)17-24)23-10-8-22(9-11-23)21-6-4-3-5-7-21/h3-17,27,32H,18H2,1-2H3/b31-28+. The van der Waals surface area contributed by atoms with E-state index in [0.29, 0.717) is 17.2 Å². The highest BCUT2D eigenvalue weighted by atomic mass is 35.5. The molecule has 0 saturated carbocycles. The zero-order chi connectivity index (χ0) is 22.5. The predicted octanol–water partition coefficient (Wildman–Crippen LogP) is 7.42. The lowest BCUT2D eigenvalue weighted by Gasteiger charge is -2.21. The Morgan fingerprint density at radius 2 is 1.62 bits per heavy atom. The third-order valence-electron chi connectivity index (χ3n) is 5.78. The lowest BCUT2D eigenvalue weighted by Crippen LogP contribution is -2.12. The van der Waals surface area contributed by atoms with Crippen LogP contribution in [0.3, 0.4) is 0 Å². The maximum Gasteiger partial charge on any atom is 0.0878 e. The second kappa shape index (κ2) is 9.80. The zero-order valence-corrected chi connectivity index (χ0v) is 18.9. The lowest BCUT2D eigenvalue weighted by atomic mass is 9.83. The van der Waals surface area contributed by atoms with Crippen LogP contribution in [0, 0.1) is 13.8 Å². The molecule has 1 N–H and O–H groups in total. The number of rotatable bonds is 6. The summed E-state index contributed by atoms with van der Waals surface area (Å²) < 4.78 is 0. The van der Waals surface area contributed by atoms with Gasteiger partial charge in [0, 0.05) is 34.8 Å². The van der Waals surface area contributed by atoms with Gasteiger partial charge in [-0.05, 0) is 65.9 Å². The quantitative estimate of drug-likeness (QED) is 0.192. The van der Waals surface area contributed by atoms with Gasteiger partial charge in [0.25, 0.3) is 0 Å². The second-order valence-corrected chi connectivity index (χ2v) is 8.41. The molecule has 1 aromatic heterocycles. The van der Waals surface area contributed by atoms with E-state index < -0.39 is 0 Å². The molecule has 0 fully saturated rings. The van der Waals surface area contributed by atoms with Crippen molar-refractivity contribution in [3.8, 4) is 11.1 Å². The van der Waals surface area contributed by atoms with E-state index in [0.717, 1.165) is 27.9 Å². The van der Waals surface area contributed by atoms with E-state index in [2.05, 4.69) is 59.5 Å². The molecule has 0 spiro atoms. The van der Waals surface area contributed by atoms with Crippen molar-refractivity contribution in [2.45, 2.75) is 26.2 Å². The largest absolute Gasteiger partial charge is 0.411 e. The third kappa shape index (κ3) is 4.90. The van der Waals surface area contributed by atoms with Gasteiger partial charge in [-0.2, -0.15) is 0 Å². The first-order valence-electron chi connectivity index (χ1n) is 10.6. The second-order valence-electron chi connectivity index (χ2n) is 7.98. The Labute approximate surface area is 194 Å². The molecule has 0 aliphatic rings. The molecule has 0 aliphatic carbocycles. The van der Waals surface area contributed by atoms with Gasteiger partial charge < -0.3 is 5.21 Å². The molecule has 1 heterocycles. The van der Waals surface area contributed by atoms with Gasteiger partial charge in [-0.15, -0.1) is 0 Å². The Morgan fingerprint density at radius 3 is 2.28 bits per heavy atom. The first kappa shape index (κ1) is 21.8. The van der Waals surface area contributed by atoms with Crippen LogP contribution < -0.4 is 0 Å². The van der Waals surface area contributed by atoms with Gasteiger partial charge in [0.2, 0.25) is 0 Å². The van der Waals surface area contributed by atoms with Crippen molar-refractivity contribution in [3.63, 3.8) is 0 Å². The number of hydrogen-bond acceptors (Lipinski definition) is 3. The molecule has 0 aliphatic heterocycles. The van der Waals surface area contributed by atoms with Crippen LogP contribution in [-0.4, -0.2) is 15.9 Å². The van der Waals surface area contributed by atoms with Gasteiger partial charge in [0.15, 0.2) is 0 Å². The summed E-state index contributed by atoms with van der Waals surface area (Å²) in [6.07, 6.45) is 2.29. The summed E-state index contributed by atoms with van der Waals surface area (Å²) in [5, 5.41) is 14.2. The van der Waals surface area contributed by atoms with Gasteiger partial charge in [-0.1, -0.05) is 77.4 Å². The first-order valence-corrected chi connectivity index (χ1v) is 11.0. The van der Waals surface area contributed by atoms with Crippen molar-refractivity contribution in [1.82, 2.24) is 4.98 Å². The highest BCUT2D eigenvalue weighted by Gasteiger charge is 2.21. The summed E-state index contributed by atoms with van der Waals surface area (Å²) in [6.45, 7) is 4.00. The van der Waals surface area contributed by atoms with Crippen LogP contribution in [-0.2, 0) is 0 Å². The molecule has 0 amide bonds. The number of pyridine rings is 1. The van der Waals surface area contributed by atoms with Gasteiger partial charge in [0.05, 0.1) is 5.71 Å². The van der Waals surface area contributed by atoms with Crippen LogP contribution in [0.5, 0.6) is 0 Å². The molecule has 32 heavy (non-hydrogen) atoms. The molecule has 4 aromatic rings. The Morgan fingerprint density at radius 1 is 0.906 bits per heavy atom. The van der Waals surface area contributed by atoms with Crippen molar-refractivity contribution in [1.29, 1.82) is 0 Å². The molecule has 1 atom stereocenters. The van der Waals surface area contributed by atoms with E-state index >= 15 is 0 Å². The highest BCUT2D eigenvalue weighted by Crippen LogP contribution is 2.34. The minimum absolute atomic E-state index is 0.0106. The van der Waals surface area contributed by atoms with E-state index in [4.69, 9.17) is 11.6 Å². The molecular formula is C28H25ClN2O. The summed E-state index contributed by atoms with van der Waals surface area (Å²) in [5.74, 6) is 0.0106. The van der Waals surface area contributed by atoms with E-state index in [1.807, 2.05) is 49.4 Å². The minimum Gasteiger partial charge on any atom is -0.411 e. The van der Waals surface area contributed by atoms with Gasteiger partial charge in [-0.25, -0.2) is 0 Å². The number of oxime groups is 1. The van der Waals surface area contributed by atoms with E-state index in [9.17, 15) is 5.21 Å². The molecule has 0 radical (unpaired) electrons. The fraction of sp³-hybridized carbons (Fsp3) is 0.143. The lowest BCUT2D eigenvalue weighted by molar-refractivity contribution is 0.317. The van der Waals surface area contributed by atoms with Crippen LogP contribution in [0.4, 0.5) is 0 Å². The van der Waals surface area contributed by atoms with Crippen molar-refractivity contribution in [2.24, 2.45) is 5.16 Å². The van der Waals surface area contributed by atoms with Crippen molar-refractivity contribution in [2.75, 3.05) is 0 Å². The molecule has 3 aromatic carbocycles. The Hall–Kier alpha value is -3.43. The molecule has 4 heteroatoms. The monoisotopic (exact) mass is 440 g/mol. The van der Waals surface area contributed by atoms with Gasteiger partial charge in [0.1, 0.15) is 0 Å². The number of benzene rings is 3. The maximum absolute atomic E-state index is 9.87. The number of nitrogens with zero attached hydrogens (tertiary/aromatic N) is 2. The minimum atomic E-state index is 0.0106. The molecular weight excluding hydrogens is 416 g/mol. The molecule has 3 nitrogen and oxygen atoms in total. The molecule has 160 valence electrons. The molecule has 0 bridgehead atoms. The van der Waals surface area contributed by atoms with E-state index in [1.54, 1.807) is 6.20 Å². The number of aryl methyl sites for hydroxylation is 2. The SMILES string of the molecule is Cc1cc(/C(CC(c2ccc(-c3ccccc3)cc2)c2ccc(Cl)cc2C)=N/O)ccn1. The number of aromatic nitrogens is 1. The predicted molar refractivity (Wildman–Crippen MR) is 132 cm³/mol. The molecule has 4 rings (SSSR count). The third-order valence-corrected chi connectivity index (χ3v) is 6.01. The summed E-state index contributed by atoms with van der Waals surface area (Å²) in [5.41, 5.74) is 8.16. The summed E-state index contributed by atoms with van der Waals surface area (Å²) in [6, 6.07) is 28.7. The number of hydrogen-bond donors (Lipinski definition) is 1. The summed E-state index contributed by atoms with van der Waals surface area (Å²) >= 11 is 6.23. The zero-order valence-electron chi connectivity index (χ0n) is 18.2. The fourth-order valence-corrected chi connectivity index (χ4v) is 4.34. The highest BCUT2D eigenvalue weighted by molar-refractivity contribution is 6.30. The van der Waals surface area contributed by atoms with Gasteiger partial charge >= 0.3 is 0 Å². The van der Waals surface area contributed by atoms with Crippen LogP contribution >= 0.6 is 11.6 Å². The molecule has 0 saturated heterocycles. The smallest absolute Gasteiger partial charge is 0.0878 e. The first-order chi connectivity index (χ1) is 15.5. The maximum atomic E-state index is 9.87. The van der Waals surface area contributed by atoms with Crippen molar-refractivity contribution in [3.05, 3.63) is 124 Å². The van der Waals surface area contributed by atoms with Crippen LogP contribution in [0.15, 0.2) is 96.3 Å². The average molecular weight is 441 g/mol. The average Bonchev–Trinajstić information content (AvgIpc) is 2.81. The fourth-order valence-electron chi connectivity index (χ4n) is 4.11.